The number of hydrogen-bond donors (Lipinski definition) is 3. The standard InChI is InChI=1S/C24H24N6O4S/c1-30(15-22(25)31)17-8-6-10-19(14-17)35(32,33)29-24-23(26-16-7-5-9-18(13-16)34-2)27-20-11-3-4-12-21(20)28-24/h3-14H,15H2,1-2H3,(H2,25,31)(H,26,27)(H,28,29). The number of fused-ring (bicyclic) bond motifs is 1. The minimum Gasteiger partial charge on any atom is -0.497 e. The molecule has 0 aliphatic rings. The molecule has 0 saturated heterocycles. The molecule has 0 aliphatic heterocycles. The van der Waals surface area contributed by atoms with Crippen LogP contribution in [-0.4, -0.2) is 45.0 Å². The summed E-state index contributed by atoms with van der Waals surface area (Å²) < 4.78 is 34.4. The van der Waals surface area contributed by atoms with Gasteiger partial charge in [0.25, 0.3) is 10.0 Å². The number of sulfonamides is 1. The third-order valence-corrected chi connectivity index (χ3v) is 6.43. The van der Waals surface area contributed by atoms with Crippen molar-refractivity contribution in [1.82, 2.24) is 9.97 Å². The first kappa shape index (κ1) is 23.8. The minimum absolute atomic E-state index is 0.00592. The number of ether oxygens (including phenoxy) is 1. The Bertz CT molecular complexity index is 1490. The summed E-state index contributed by atoms with van der Waals surface area (Å²) in [5.74, 6) is 0.353. The van der Waals surface area contributed by atoms with Crippen molar-refractivity contribution in [2.24, 2.45) is 5.73 Å². The number of benzene rings is 3. The smallest absolute Gasteiger partial charge is 0.263 e. The van der Waals surface area contributed by atoms with Crippen LogP contribution in [-0.2, 0) is 14.8 Å². The molecular formula is C24H24N6O4S. The van der Waals surface area contributed by atoms with Crippen LogP contribution in [0.5, 0.6) is 5.75 Å². The number of hydrogen-bond acceptors (Lipinski definition) is 8. The molecule has 1 amide bonds. The van der Waals surface area contributed by atoms with Gasteiger partial charge in [0.05, 0.1) is 29.6 Å². The highest BCUT2D eigenvalue weighted by molar-refractivity contribution is 7.92. The van der Waals surface area contributed by atoms with E-state index < -0.39 is 15.9 Å². The van der Waals surface area contributed by atoms with Crippen LogP contribution in [0.25, 0.3) is 11.0 Å². The van der Waals surface area contributed by atoms with Gasteiger partial charge in [-0.1, -0.05) is 24.3 Å². The van der Waals surface area contributed by atoms with Crippen molar-refractivity contribution in [3.8, 4) is 5.75 Å². The average molecular weight is 493 g/mol. The van der Waals surface area contributed by atoms with Crippen LogP contribution in [0.4, 0.5) is 23.0 Å². The summed E-state index contributed by atoms with van der Waals surface area (Å²) in [6.45, 7) is -0.0539. The summed E-state index contributed by atoms with van der Waals surface area (Å²) in [6.07, 6.45) is 0. The Labute approximate surface area is 202 Å². The van der Waals surface area contributed by atoms with E-state index in [0.29, 0.717) is 28.2 Å². The summed E-state index contributed by atoms with van der Waals surface area (Å²) in [6, 6.07) is 20.5. The Kier molecular flexibility index (Phi) is 6.69. The van der Waals surface area contributed by atoms with E-state index in [1.165, 1.54) is 12.1 Å². The lowest BCUT2D eigenvalue weighted by Gasteiger charge is -2.18. The molecule has 0 aliphatic carbocycles. The maximum Gasteiger partial charge on any atom is 0.263 e. The molecule has 4 aromatic rings. The highest BCUT2D eigenvalue weighted by Gasteiger charge is 2.20. The van der Waals surface area contributed by atoms with E-state index >= 15 is 0 Å². The van der Waals surface area contributed by atoms with Gasteiger partial charge < -0.3 is 20.7 Å². The fraction of sp³-hybridized carbons (Fsp3) is 0.125. The van der Waals surface area contributed by atoms with Crippen LogP contribution < -0.4 is 25.4 Å². The molecular weight excluding hydrogens is 468 g/mol. The number of para-hydroxylation sites is 2. The van der Waals surface area contributed by atoms with E-state index in [1.54, 1.807) is 73.7 Å². The number of nitrogens with one attached hydrogen (secondary N) is 2. The molecule has 4 rings (SSSR count). The summed E-state index contributed by atoms with van der Waals surface area (Å²) in [4.78, 5) is 21.9. The van der Waals surface area contributed by atoms with Crippen molar-refractivity contribution < 1.29 is 17.9 Å². The van der Waals surface area contributed by atoms with Gasteiger partial charge in [0.2, 0.25) is 5.91 Å². The zero-order valence-electron chi connectivity index (χ0n) is 19.1. The Morgan fingerprint density at radius 2 is 1.66 bits per heavy atom. The first-order chi connectivity index (χ1) is 16.7. The van der Waals surface area contributed by atoms with Crippen molar-refractivity contribution in [3.63, 3.8) is 0 Å². The Morgan fingerprint density at radius 3 is 2.34 bits per heavy atom. The topological polar surface area (TPSA) is 140 Å². The summed E-state index contributed by atoms with van der Waals surface area (Å²) in [5.41, 5.74) is 7.54. The number of nitrogens with two attached hydrogens (primary N) is 1. The second kappa shape index (κ2) is 9.85. The molecule has 0 bridgehead atoms. The van der Waals surface area contributed by atoms with Gasteiger partial charge in [-0.2, -0.15) is 0 Å². The van der Waals surface area contributed by atoms with Crippen molar-refractivity contribution in [2.45, 2.75) is 4.90 Å². The van der Waals surface area contributed by atoms with Crippen LogP contribution in [0.15, 0.2) is 77.7 Å². The van der Waals surface area contributed by atoms with Crippen molar-refractivity contribution >= 4 is 50.0 Å². The second-order valence-electron chi connectivity index (χ2n) is 7.69. The number of rotatable bonds is 9. The molecule has 0 atom stereocenters. The number of carbonyl (C=O) groups excluding carboxylic acids is 1. The molecule has 1 heterocycles. The van der Waals surface area contributed by atoms with Crippen molar-refractivity contribution in [2.75, 3.05) is 35.6 Å². The second-order valence-corrected chi connectivity index (χ2v) is 9.37. The van der Waals surface area contributed by atoms with Crippen LogP contribution in [0.2, 0.25) is 0 Å². The van der Waals surface area contributed by atoms with Gasteiger partial charge in [0.1, 0.15) is 5.75 Å². The number of carbonyl (C=O) groups is 1. The Morgan fingerprint density at radius 1 is 0.971 bits per heavy atom. The molecule has 11 heteroatoms. The molecule has 3 aromatic carbocycles. The molecule has 0 radical (unpaired) electrons. The van der Waals surface area contributed by atoms with Gasteiger partial charge in [0, 0.05) is 24.5 Å². The summed E-state index contributed by atoms with van der Waals surface area (Å²) >= 11 is 0. The van der Waals surface area contributed by atoms with Gasteiger partial charge in [-0.3, -0.25) is 9.52 Å². The number of methoxy groups -OCH3 is 1. The van der Waals surface area contributed by atoms with Gasteiger partial charge in [0.15, 0.2) is 11.6 Å². The summed E-state index contributed by atoms with van der Waals surface area (Å²) in [5, 5.41) is 3.12. The number of primary amides is 1. The Hall–Kier alpha value is -4.38. The number of amides is 1. The molecule has 180 valence electrons. The average Bonchev–Trinajstić information content (AvgIpc) is 2.84. The van der Waals surface area contributed by atoms with E-state index in [-0.39, 0.29) is 23.1 Å². The molecule has 4 N–H and O–H groups in total. The molecule has 1 aromatic heterocycles. The molecule has 35 heavy (non-hydrogen) atoms. The fourth-order valence-corrected chi connectivity index (χ4v) is 4.44. The van der Waals surface area contributed by atoms with Gasteiger partial charge in [-0.15, -0.1) is 0 Å². The SMILES string of the molecule is COc1cccc(Nc2nc3ccccc3nc2NS(=O)(=O)c2cccc(N(C)CC(N)=O)c2)c1. The van der Waals surface area contributed by atoms with Crippen LogP contribution in [0.3, 0.4) is 0 Å². The molecule has 0 fully saturated rings. The maximum absolute atomic E-state index is 13.3. The largest absolute Gasteiger partial charge is 0.497 e. The summed E-state index contributed by atoms with van der Waals surface area (Å²) in [7, 11) is -0.847. The third-order valence-electron chi connectivity index (χ3n) is 5.10. The van der Waals surface area contributed by atoms with E-state index in [9.17, 15) is 13.2 Å². The van der Waals surface area contributed by atoms with E-state index in [1.807, 2.05) is 6.07 Å². The number of likely N-dealkylation sites (N-methyl/N-ethyl adjacent to an activating group) is 1. The van der Waals surface area contributed by atoms with Crippen molar-refractivity contribution in [3.05, 3.63) is 72.8 Å². The van der Waals surface area contributed by atoms with E-state index in [2.05, 4.69) is 20.0 Å². The van der Waals surface area contributed by atoms with Gasteiger partial charge in [-0.25, -0.2) is 18.4 Å². The normalized spacial score (nSPS) is 11.1. The van der Waals surface area contributed by atoms with Crippen LogP contribution in [0.1, 0.15) is 0 Å². The lowest BCUT2D eigenvalue weighted by atomic mass is 10.3. The first-order valence-corrected chi connectivity index (χ1v) is 12.0. The molecule has 0 spiro atoms. The lowest BCUT2D eigenvalue weighted by molar-refractivity contribution is -0.116. The highest BCUT2D eigenvalue weighted by Crippen LogP contribution is 2.29. The molecule has 0 saturated carbocycles. The number of aromatic nitrogens is 2. The Balaban J connectivity index is 1.72. The first-order valence-electron chi connectivity index (χ1n) is 10.6. The van der Waals surface area contributed by atoms with Gasteiger partial charge in [-0.05, 0) is 42.5 Å². The zero-order valence-corrected chi connectivity index (χ0v) is 19.9. The minimum atomic E-state index is -4.05. The monoisotopic (exact) mass is 492 g/mol. The van der Waals surface area contributed by atoms with E-state index in [4.69, 9.17) is 10.5 Å². The van der Waals surface area contributed by atoms with Crippen LogP contribution >= 0.6 is 0 Å². The number of nitrogens with zero attached hydrogens (tertiary/aromatic N) is 3. The molecule has 0 unspecified atom stereocenters. The lowest BCUT2D eigenvalue weighted by Crippen LogP contribution is -2.30. The van der Waals surface area contributed by atoms with E-state index in [0.717, 1.165) is 0 Å². The van der Waals surface area contributed by atoms with Crippen molar-refractivity contribution in [1.29, 1.82) is 0 Å². The number of anilines is 4. The fourth-order valence-electron chi connectivity index (χ4n) is 3.40. The molecule has 10 nitrogen and oxygen atoms in total. The maximum atomic E-state index is 13.3. The quantitative estimate of drug-likeness (QED) is 0.324. The predicted molar refractivity (Wildman–Crippen MR) is 136 cm³/mol. The predicted octanol–water partition coefficient (Wildman–Crippen LogP) is 3.10. The third kappa shape index (κ3) is 5.58. The zero-order chi connectivity index (χ0) is 25.0. The highest BCUT2D eigenvalue weighted by atomic mass is 32.2. The van der Waals surface area contributed by atoms with Crippen LogP contribution in [0, 0.1) is 0 Å². The van der Waals surface area contributed by atoms with Gasteiger partial charge >= 0.3 is 0 Å².